The lowest BCUT2D eigenvalue weighted by atomic mass is 9.99. The second kappa shape index (κ2) is 50.2. The third kappa shape index (κ3) is 38.0. The van der Waals surface area contributed by atoms with Gasteiger partial charge in [-0.05, 0) is 25.7 Å². The number of hydrogen-bond acceptors (Lipinski definition) is 10. The van der Waals surface area contributed by atoms with E-state index in [1.54, 1.807) is 6.08 Å². The molecule has 8 atom stereocenters. The molecule has 1 heterocycles. The fraction of sp³-hybridized carbons (Fsp3) is 0.934. The van der Waals surface area contributed by atoms with Crippen LogP contribution in [0, 0.1) is 0 Å². The number of esters is 1. The van der Waals surface area contributed by atoms with Crippen molar-refractivity contribution < 1.29 is 49.3 Å². The molecule has 426 valence electrons. The first-order valence-corrected chi connectivity index (χ1v) is 31.0. The quantitative estimate of drug-likeness (QED) is 0.0195. The molecule has 11 heteroatoms. The van der Waals surface area contributed by atoms with Gasteiger partial charge in [-0.2, -0.15) is 0 Å². The van der Waals surface area contributed by atoms with Gasteiger partial charge < -0.3 is 45.1 Å². The number of allylic oxidation sites excluding steroid dienone is 1. The van der Waals surface area contributed by atoms with Crippen LogP contribution in [0.2, 0.25) is 0 Å². The van der Waals surface area contributed by atoms with E-state index in [0.29, 0.717) is 19.3 Å². The molecule has 11 nitrogen and oxygen atoms in total. The summed E-state index contributed by atoms with van der Waals surface area (Å²) < 4.78 is 17.6. The number of carbonyl (C=O) groups is 2. The number of rotatable bonds is 53. The van der Waals surface area contributed by atoms with E-state index in [0.717, 1.165) is 57.8 Å². The Bertz CT molecular complexity index is 1220. The van der Waals surface area contributed by atoms with Gasteiger partial charge in [0.05, 0.1) is 25.4 Å². The van der Waals surface area contributed by atoms with Gasteiger partial charge in [0.1, 0.15) is 24.4 Å². The van der Waals surface area contributed by atoms with Crippen LogP contribution in [0.5, 0.6) is 0 Å². The third-order valence-corrected chi connectivity index (χ3v) is 14.9. The molecule has 0 aromatic heterocycles. The summed E-state index contributed by atoms with van der Waals surface area (Å²) in [6.07, 6.45) is 45.3. The third-order valence-electron chi connectivity index (χ3n) is 14.9. The smallest absolute Gasteiger partial charge is 0.306 e. The Kier molecular flexibility index (Phi) is 47.7. The lowest BCUT2D eigenvalue weighted by Gasteiger charge is -2.41. The fourth-order valence-electron chi connectivity index (χ4n) is 10.0. The first-order valence-electron chi connectivity index (χ1n) is 31.0. The van der Waals surface area contributed by atoms with Crippen molar-refractivity contribution in [3.05, 3.63) is 12.2 Å². The number of amides is 1. The number of ether oxygens (including phenoxy) is 3. The largest absolute Gasteiger partial charge is 0.454 e. The zero-order chi connectivity index (χ0) is 52.5. The molecule has 0 radical (unpaired) electrons. The highest BCUT2D eigenvalue weighted by Gasteiger charge is 2.47. The summed E-state index contributed by atoms with van der Waals surface area (Å²) in [6.45, 7) is 5.82. The zero-order valence-corrected chi connectivity index (χ0v) is 47.1. The monoisotopic (exact) mass is 1020 g/mol. The summed E-state index contributed by atoms with van der Waals surface area (Å²) in [5.74, 6) is -1.18. The Labute approximate surface area is 442 Å². The Hall–Kier alpha value is -1.60. The van der Waals surface area contributed by atoms with Crippen LogP contribution >= 0.6 is 0 Å². The molecule has 8 unspecified atom stereocenters. The van der Waals surface area contributed by atoms with Gasteiger partial charge in [-0.1, -0.05) is 283 Å². The molecule has 0 aliphatic carbocycles. The molecule has 1 aliphatic rings. The molecule has 1 rings (SSSR count). The molecular formula is C61H117NO10. The number of hydrogen-bond donors (Lipinski definition) is 6. The molecule has 72 heavy (non-hydrogen) atoms. The molecule has 0 aromatic rings. The summed E-state index contributed by atoms with van der Waals surface area (Å²) in [4.78, 5) is 26.5. The number of aliphatic hydroxyl groups is 5. The minimum absolute atomic E-state index is 0.131. The average molecular weight is 1020 g/mol. The van der Waals surface area contributed by atoms with Crippen LogP contribution in [0.25, 0.3) is 0 Å². The minimum Gasteiger partial charge on any atom is -0.454 e. The highest BCUT2D eigenvalue weighted by molar-refractivity contribution is 5.80. The van der Waals surface area contributed by atoms with Crippen LogP contribution in [0.1, 0.15) is 303 Å². The van der Waals surface area contributed by atoms with Gasteiger partial charge in [-0.15, -0.1) is 0 Å². The predicted molar refractivity (Wildman–Crippen MR) is 297 cm³/mol. The van der Waals surface area contributed by atoms with Crippen molar-refractivity contribution in [1.29, 1.82) is 0 Å². The lowest BCUT2D eigenvalue weighted by Crippen LogP contribution is -2.61. The van der Waals surface area contributed by atoms with Crippen molar-refractivity contribution in [2.75, 3.05) is 13.2 Å². The SMILES string of the molecule is CCCCCCCCCCCCC/C=C/C(O)C(COC1OC(CO)C(O)C(O)C1OC(=O)CCCCCCCCCCCCCCCC)NC(=O)C(O)CCCCCCCCCCCCCCCCCC. The zero-order valence-electron chi connectivity index (χ0n) is 47.1. The maximum Gasteiger partial charge on any atom is 0.306 e. The van der Waals surface area contributed by atoms with Crippen LogP contribution in [-0.4, -0.2) is 99.6 Å². The Morgan fingerprint density at radius 1 is 0.528 bits per heavy atom. The van der Waals surface area contributed by atoms with Gasteiger partial charge in [0, 0.05) is 6.42 Å². The van der Waals surface area contributed by atoms with E-state index in [2.05, 4.69) is 26.1 Å². The number of aliphatic hydroxyl groups excluding tert-OH is 5. The summed E-state index contributed by atoms with van der Waals surface area (Å²) in [6, 6.07) is -1.02. The molecular weight excluding hydrogens is 907 g/mol. The summed E-state index contributed by atoms with van der Waals surface area (Å²) in [7, 11) is 0. The second-order valence-corrected chi connectivity index (χ2v) is 21.8. The van der Waals surface area contributed by atoms with Crippen LogP contribution in [0.4, 0.5) is 0 Å². The van der Waals surface area contributed by atoms with Gasteiger partial charge >= 0.3 is 5.97 Å². The van der Waals surface area contributed by atoms with Crippen molar-refractivity contribution in [2.45, 2.75) is 352 Å². The van der Waals surface area contributed by atoms with E-state index in [1.807, 2.05) is 6.08 Å². The van der Waals surface area contributed by atoms with E-state index in [1.165, 1.54) is 199 Å². The highest BCUT2D eigenvalue weighted by Crippen LogP contribution is 2.26. The highest BCUT2D eigenvalue weighted by atomic mass is 16.7. The van der Waals surface area contributed by atoms with E-state index < -0.39 is 67.4 Å². The van der Waals surface area contributed by atoms with E-state index in [4.69, 9.17) is 14.2 Å². The standard InChI is InChI=1S/C61H117NO10/c1-4-7-10-13-16-19-22-25-27-28-30-33-36-39-42-45-48-54(65)60(69)62-52(53(64)47-44-41-38-35-32-29-24-21-18-15-12-9-6-3)51-70-61-59(58(68)57(67)55(50-63)71-61)72-56(66)49-46-43-40-37-34-31-26-23-20-17-14-11-8-5-2/h44,47,52-55,57-59,61,63-65,67-68H,4-43,45-46,48-51H2,1-3H3,(H,62,69)/b47-44+. The number of unbranched alkanes of at least 4 members (excludes halogenated alkanes) is 39. The first kappa shape index (κ1) is 68.4. The Morgan fingerprint density at radius 3 is 1.31 bits per heavy atom. The predicted octanol–water partition coefficient (Wildman–Crippen LogP) is 14.3. The molecule has 0 spiro atoms. The number of nitrogens with one attached hydrogen (secondary N) is 1. The van der Waals surface area contributed by atoms with Crippen molar-refractivity contribution in [3.63, 3.8) is 0 Å². The van der Waals surface area contributed by atoms with Crippen molar-refractivity contribution in [3.8, 4) is 0 Å². The summed E-state index contributed by atoms with van der Waals surface area (Å²) >= 11 is 0. The maximum absolute atomic E-state index is 13.4. The van der Waals surface area contributed by atoms with Crippen LogP contribution in [0.3, 0.4) is 0 Å². The molecule has 1 amide bonds. The van der Waals surface area contributed by atoms with E-state index in [-0.39, 0.29) is 13.0 Å². The molecule has 1 saturated heterocycles. The van der Waals surface area contributed by atoms with Gasteiger partial charge in [-0.25, -0.2) is 0 Å². The van der Waals surface area contributed by atoms with Gasteiger partial charge in [-0.3, -0.25) is 9.59 Å². The topological polar surface area (TPSA) is 175 Å². The van der Waals surface area contributed by atoms with Crippen LogP contribution < -0.4 is 5.32 Å². The summed E-state index contributed by atoms with van der Waals surface area (Å²) in [5.41, 5.74) is 0. The molecule has 0 saturated carbocycles. The second-order valence-electron chi connectivity index (χ2n) is 21.8. The van der Waals surface area contributed by atoms with Crippen molar-refractivity contribution >= 4 is 11.9 Å². The molecule has 0 bridgehead atoms. The average Bonchev–Trinajstić information content (AvgIpc) is 3.38. The first-order chi connectivity index (χ1) is 35.2. The van der Waals surface area contributed by atoms with Crippen molar-refractivity contribution in [2.24, 2.45) is 0 Å². The normalized spacial score (nSPS) is 19.5. The fourth-order valence-corrected chi connectivity index (χ4v) is 10.0. The van der Waals surface area contributed by atoms with Gasteiger partial charge in [0.25, 0.3) is 0 Å². The van der Waals surface area contributed by atoms with Gasteiger partial charge in [0.15, 0.2) is 12.4 Å². The van der Waals surface area contributed by atoms with E-state index in [9.17, 15) is 35.1 Å². The van der Waals surface area contributed by atoms with Gasteiger partial charge in [0.2, 0.25) is 5.91 Å². The number of carbonyl (C=O) groups excluding carboxylic acids is 2. The Balaban J connectivity index is 2.69. The molecule has 1 aliphatic heterocycles. The molecule has 0 aromatic carbocycles. The molecule has 1 fully saturated rings. The van der Waals surface area contributed by atoms with Crippen LogP contribution in [-0.2, 0) is 23.8 Å². The summed E-state index contributed by atoms with van der Waals surface area (Å²) in [5, 5.41) is 56.9. The lowest BCUT2D eigenvalue weighted by molar-refractivity contribution is -0.305. The van der Waals surface area contributed by atoms with Crippen molar-refractivity contribution in [1.82, 2.24) is 5.32 Å². The van der Waals surface area contributed by atoms with Crippen LogP contribution in [0.15, 0.2) is 12.2 Å². The Morgan fingerprint density at radius 2 is 0.903 bits per heavy atom. The molecule has 6 N–H and O–H groups in total. The minimum atomic E-state index is -1.61. The van der Waals surface area contributed by atoms with E-state index >= 15 is 0 Å². The maximum atomic E-state index is 13.4.